The molecule has 25 heavy (non-hydrogen) atoms. The van der Waals surface area contributed by atoms with E-state index in [0.29, 0.717) is 17.2 Å². The average Bonchev–Trinajstić information content (AvgIpc) is 2.61. The van der Waals surface area contributed by atoms with Crippen LogP contribution in [0, 0.1) is 0 Å². The Morgan fingerprint density at radius 1 is 1.04 bits per heavy atom. The van der Waals surface area contributed by atoms with Crippen molar-refractivity contribution in [3.8, 4) is 23.0 Å². The van der Waals surface area contributed by atoms with E-state index in [-0.39, 0.29) is 18.0 Å². The van der Waals surface area contributed by atoms with E-state index in [0.717, 1.165) is 0 Å². The summed E-state index contributed by atoms with van der Waals surface area (Å²) in [5, 5.41) is 2.46. The molecule has 0 aliphatic heterocycles. The lowest BCUT2D eigenvalue weighted by Gasteiger charge is -2.13. The van der Waals surface area contributed by atoms with Crippen LogP contribution in [0.5, 0.6) is 23.0 Å². The van der Waals surface area contributed by atoms with Crippen LogP contribution in [0.15, 0.2) is 42.5 Å². The van der Waals surface area contributed by atoms with Crippen molar-refractivity contribution in [3.63, 3.8) is 0 Å². The van der Waals surface area contributed by atoms with Gasteiger partial charge < -0.3 is 24.3 Å². The first kappa shape index (κ1) is 18.3. The van der Waals surface area contributed by atoms with Gasteiger partial charge in [-0.2, -0.15) is 8.78 Å². The van der Waals surface area contributed by atoms with Crippen molar-refractivity contribution in [2.24, 2.45) is 0 Å². The normalized spacial score (nSPS) is 10.3. The van der Waals surface area contributed by atoms with E-state index in [1.165, 1.54) is 32.4 Å². The summed E-state index contributed by atoms with van der Waals surface area (Å²) in [5.74, 6) is 0.709. The number of rotatable bonds is 8. The lowest BCUT2D eigenvalue weighted by Crippen LogP contribution is -2.21. The summed E-state index contributed by atoms with van der Waals surface area (Å²) in [5.41, 5.74) is 0.125. The van der Waals surface area contributed by atoms with E-state index >= 15 is 0 Å². The number of halogens is 2. The quantitative estimate of drug-likeness (QED) is 0.789. The zero-order valence-electron chi connectivity index (χ0n) is 13.6. The molecule has 0 aromatic heterocycles. The van der Waals surface area contributed by atoms with Crippen LogP contribution in [0.25, 0.3) is 0 Å². The van der Waals surface area contributed by atoms with Gasteiger partial charge in [0.2, 0.25) is 0 Å². The van der Waals surface area contributed by atoms with Gasteiger partial charge in [0.1, 0.15) is 23.0 Å². The summed E-state index contributed by atoms with van der Waals surface area (Å²) in [7, 11) is 2.98. The molecule has 2 aromatic carbocycles. The zero-order chi connectivity index (χ0) is 18.2. The Labute approximate surface area is 143 Å². The van der Waals surface area contributed by atoms with E-state index in [4.69, 9.17) is 14.2 Å². The van der Waals surface area contributed by atoms with E-state index in [9.17, 15) is 13.6 Å². The number of anilines is 1. The number of nitrogens with one attached hydrogen (secondary N) is 1. The summed E-state index contributed by atoms with van der Waals surface area (Å²) >= 11 is 0. The smallest absolute Gasteiger partial charge is 0.387 e. The molecule has 1 N–H and O–H groups in total. The van der Waals surface area contributed by atoms with Crippen molar-refractivity contribution >= 4 is 11.6 Å². The van der Waals surface area contributed by atoms with E-state index in [1.807, 2.05) is 0 Å². The summed E-state index contributed by atoms with van der Waals surface area (Å²) in [4.78, 5) is 12.0. The molecular weight excluding hydrogens is 336 g/mol. The second kappa shape index (κ2) is 8.72. The molecule has 134 valence electrons. The number of alkyl halides is 2. The maximum atomic E-state index is 12.4. The fourth-order valence-electron chi connectivity index (χ4n) is 1.97. The largest absolute Gasteiger partial charge is 0.496 e. The fourth-order valence-corrected chi connectivity index (χ4v) is 1.97. The Bertz CT molecular complexity index is 702. The van der Waals surface area contributed by atoms with Gasteiger partial charge >= 0.3 is 6.61 Å². The molecule has 0 saturated heterocycles. The van der Waals surface area contributed by atoms with Crippen LogP contribution in [0.4, 0.5) is 14.5 Å². The zero-order valence-corrected chi connectivity index (χ0v) is 13.6. The number of benzene rings is 2. The van der Waals surface area contributed by atoms with Crippen molar-refractivity contribution in [2.45, 2.75) is 6.61 Å². The Morgan fingerprint density at radius 3 is 2.24 bits per heavy atom. The summed E-state index contributed by atoms with van der Waals surface area (Å²) < 4.78 is 44.7. The Morgan fingerprint density at radius 2 is 1.64 bits per heavy atom. The molecule has 0 spiro atoms. The van der Waals surface area contributed by atoms with Gasteiger partial charge in [-0.1, -0.05) is 12.1 Å². The molecule has 0 unspecified atom stereocenters. The molecule has 0 fully saturated rings. The standard InChI is InChI=1S/C17H17F2NO5/c1-22-11-7-12(23-2)9-13(8-11)24-10-16(21)20-14-5-3-4-6-15(14)25-17(18)19/h3-9,17H,10H2,1-2H3,(H,20,21). The average molecular weight is 353 g/mol. The predicted molar refractivity (Wildman–Crippen MR) is 86.7 cm³/mol. The topological polar surface area (TPSA) is 66.0 Å². The third kappa shape index (κ3) is 5.52. The van der Waals surface area contributed by atoms with Crippen LogP contribution in [-0.2, 0) is 4.79 Å². The SMILES string of the molecule is COc1cc(OC)cc(OCC(=O)Nc2ccccc2OC(F)F)c1. The minimum absolute atomic E-state index is 0.125. The van der Waals surface area contributed by atoms with Crippen LogP contribution < -0.4 is 24.3 Å². The minimum atomic E-state index is -2.99. The fraction of sp³-hybridized carbons (Fsp3) is 0.235. The van der Waals surface area contributed by atoms with Gasteiger partial charge in [-0.05, 0) is 12.1 Å². The molecule has 8 heteroatoms. The maximum Gasteiger partial charge on any atom is 0.387 e. The molecule has 2 rings (SSSR count). The van der Waals surface area contributed by atoms with Gasteiger partial charge in [-0.15, -0.1) is 0 Å². The second-order valence-corrected chi connectivity index (χ2v) is 4.76. The van der Waals surface area contributed by atoms with Crippen molar-refractivity contribution in [1.29, 1.82) is 0 Å². The number of ether oxygens (including phenoxy) is 4. The summed E-state index contributed by atoms with van der Waals surface area (Å²) in [6.45, 7) is -3.32. The first-order valence-corrected chi connectivity index (χ1v) is 7.21. The number of amides is 1. The highest BCUT2D eigenvalue weighted by Crippen LogP contribution is 2.28. The molecule has 0 radical (unpaired) electrons. The van der Waals surface area contributed by atoms with Gasteiger partial charge in [0.15, 0.2) is 6.61 Å². The first-order valence-electron chi connectivity index (χ1n) is 7.21. The third-order valence-corrected chi connectivity index (χ3v) is 3.07. The van der Waals surface area contributed by atoms with Crippen molar-refractivity contribution in [2.75, 3.05) is 26.1 Å². The molecule has 0 saturated carbocycles. The number of carbonyl (C=O) groups is 1. The van der Waals surface area contributed by atoms with E-state index in [2.05, 4.69) is 10.1 Å². The maximum absolute atomic E-state index is 12.4. The van der Waals surface area contributed by atoms with Gasteiger partial charge in [0.25, 0.3) is 5.91 Å². The molecule has 0 atom stereocenters. The van der Waals surface area contributed by atoms with Gasteiger partial charge in [-0.25, -0.2) is 0 Å². The number of hydrogen-bond acceptors (Lipinski definition) is 5. The second-order valence-electron chi connectivity index (χ2n) is 4.76. The van der Waals surface area contributed by atoms with Crippen molar-refractivity contribution in [1.82, 2.24) is 0 Å². The lowest BCUT2D eigenvalue weighted by atomic mass is 10.3. The molecule has 0 aliphatic carbocycles. The van der Waals surface area contributed by atoms with Gasteiger partial charge in [0.05, 0.1) is 19.9 Å². The van der Waals surface area contributed by atoms with Crippen LogP contribution in [0.1, 0.15) is 0 Å². The first-order chi connectivity index (χ1) is 12.0. The minimum Gasteiger partial charge on any atom is -0.496 e. The number of carbonyl (C=O) groups excluding carboxylic acids is 1. The highest BCUT2D eigenvalue weighted by Gasteiger charge is 2.12. The molecule has 1 amide bonds. The van der Waals surface area contributed by atoms with E-state index < -0.39 is 12.5 Å². The third-order valence-electron chi connectivity index (χ3n) is 3.07. The van der Waals surface area contributed by atoms with E-state index in [1.54, 1.807) is 24.3 Å². The van der Waals surface area contributed by atoms with Crippen LogP contribution in [-0.4, -0.2) is 33.3 Å². The monoisotopic (exact) mass is 353 g/mol. The van der Waals surface area contributed by atoms with Gasteiger partial charge in [0, 0.05) is 18.2 Å². The number of hydrogen-bond donors (Lipinski definition) is 1. The molecule has 2 aromatic rings. The van der Waals surface area contributed by atoms with Crippen molar-refractivity contribution < 1.29 is 32.5 Å². The number of methoxy groups -OCH3 is 2. The predicted octanol–water partition coefficient (Wildman–Crippen LogP) is 3.32. The molecule has 0 bridgehead atoms. The number of para-hydroxylation sites is 2. The summed E-state index contributed by atoms with van der Waals surface area (Å²) in [6, 6.07) is 10.7. The molecule has 0 heterocycles. The molecule has 6 nitrogen and oxygen atoms in total. The van der Waals surface area contributed by atoms with Crippen LogP contribution in [0.3, 0.4) is 0 Å². The van der Waals surface area contributed by atoms with Crippen LogP contribution >= 0.6 is 0 Å². The Hall–Kier alpha value is -3.03. The van der Waals surface area contributed by atoms with Gasteiger partial charge in [-0.3, -0.25) is 4.79 Å². The molecular formula is C17H17F2NO5. The Kier molecular flexibility index (Phi) is 6.39. The molecule has 0 aliphatic rings. The van der Waals surface area contributed by atoms with Crippen molar-refractivity contribution in [3.05, 3.63) is 42.5 Å². The lowest BCUT2D eigenvalue weighted by molar-refractivity contribution is -0.118. The highest BCUT2D eigenvalue weighted by molar-refractivity contribution is 5.93. The Balaban J connectivity index is 2.00. The summed E-state index contributed by atoms with van der Waals surface area (Å²) in [6.07, 6.45) is 0. The highest BCUT2D eigenvalue weighted by atomic mass is 19.3. The van der Waals surface area contributed by atoms with Crippen LogP contribution in [0.2, 0.25) is 0 Å².